The predicted molar refractivity (Wildman–Crippen MR) is 91.4 cm³/mol. The topological polar surface area (TPSA) is 88.1 Å². The van der Waals surface area contributed by atoms with Crippen molar-refractivity contribution in [1.29, 1.82) is 0 Å². The summed E-state index contributed by atoms with van der Waals surface area (Å²) in [7, 11) is 3.84. The Balaban J connectivity index is 4.26. The number of carbonyl (C=O) groups is 2. The molecule has 0 aliphatic rings. The summed E-state index contributed by atoms with van der Waals surface area (Å²) in [5, 5.41) is 11.7. The summed E-state index contributed by atoms with van der Waals surface area (Å²) in [6.45, 7) is 3.64. The van der Waals surface area contributed by atoms with Crippen LogP contribution >= 0.6 is 0 Å². The SMILES string of the molecule is BCCCC(=O)N(CC(C)=O)C[C@H](COCCOCCO)NC. The number of hydrogen-bond donors (Lipinski definition) is 2. The van der Waals surface area contributed by atoms with Crippen LogP contribution < -0.4 is 5.32 Å². The molecule has 23 heavy (non-hydrogen) atoms. The van der Waals surface area contributed by atoms with Gasteiger partial charge in [0.15, 0.2) is 0 Å². The van der Waals surface area contributed by atoms with E-state index >= 15 is 0 Å². The van der Waals surface area contributed by atoms with Crippen molar-refractivity contribution < 1.29 is 24.2 Å². The van der Waals surface area contributed by atoms with Crippen LogP contribution in [0.5, 0.6) is 0 Å². The van der Waals surface area contributed by atoms with E-state index in [0.717, 1.165) is 12.7 Å². The number of nitrogens with zero attached hydrogens (tertiary/aromatic N) is 1. The van der Waals surface area contributed by atoms with Crippen LogP contribution in [0.1, 0.15) is 19.8 Å². The fourth-order valence-electron chi connectivity index (χ4n) is 2.01. The van der Waals surface area contributed by atoms with Crippen LogP contribution in [0.25, 0.3) is 0 Å². The molecule has 0 unspecified atom stereocenters. The molecule has 0 aromatic rings. The first-order valence-corrected chi connectivity index (χ1v) is 8.25. The lowest BCUT2D eigenvalue weighted by Gasteiger charge is -2.27. The van der Waals surface area contributed by atoms with E-state index in [1.54, 1.807) is 11.9 Å². The minimum atomic E-state index is -0.0437. The first-order valence-electron chi connectivity index (χ1n) is 8.25. The molecule has 0 spiro atoms. The van der Waals surface area contributed by atoms with Crippen LogP contribution in [0.2, 0.25) is 6.32 Å². The third kappa shape index (κ3) is 12.2. The summed E-state index contributed by atoms with van der Waals surface area (Å²) >= 11 is 0. The van der Waals surface area contributed by atoms with E-state index in [1.807, 2.05) is 7.85 Å². The first kappa shape index (κ1) is 22.0. The molecule has 0 aromatic heterocycles. The molecule has 0 saturated carbocycles. The standard InChI is InChI=1S/C15H31BN2O5/c1-13(20)10-18(15(21)4-3-5-16)11-14(17-2)12-23-9-8-22-7-6-19/h14,17,19H,3-12,16H2,1-2H3/t14-/m1/s1. The Labute approximate surface area is 140 Å². The number of likely N-dealkylation sites (N-methyl/N-ethyl adjacent to an activating group) is 1. The summed E-state index contributed by atoms with van der Waals surface area (Å²) < 4.78 is 10.6. The van der Waals surface area contributed by atoms with Gasteiger partial charge in [0.2, 0.25) is 5.91 Å². The minimum absolute atomic E-state index is 0.000974. The molecule has 134 valence electrons. The number of Topliss-reactive ketones (excluding diaryl/α,β-unsaturated/α-hetero) is 1. The number of aliphatic hydroxyl groups excluding tert-OH is 1. The van der Waals surface area contributed by atoms with Gasteiger partial charge in [0.25, 0.3) is 0 Å². The third-order valence-corrected chi connectivity index (χ3v) is 3.29. The van der Waals surface area contributed by atoms with Crippen molar-refractivity contribution in [2.24, 2.45) is 0 Å². The normalized spacial score (nSPS) is 12.1. The lowest BCUT2D eigenvalue weighted by molar-refractivity contribution is -0.135. The number of carbonyl (C=O) groups excluding carboxylic acids is 2. The number of aliphatic hydroxyl groups is 1. The van der Waals surface area contributed by atoms with Gasteiger partial charge in [0.1, 0.15) is 13.6 Å². The Morgan fingerprint density at radius 3 is 2.52 bits per heavy atom. The molecule has 0 heterocycles. The predicted octanol–water partition coefficient (Wildman–Crippen LogP) is -1.15. The second-order valence-electron chi connectivity index (χ2n) is 5.48. The van der Waals surface area contributed by atoms with Crippen molar-refractivity contribution in [2.75, 3.05) is 53.2 Å². The molecule has 0 radical (unpaired) electrons. The lowest BCUT2D eigenvalue weighted by atomic mass is 10.00. The van der Waals surface area contributed by atoms with Crippen molar-refractivity contribution in [3.8, 4) is 0 Å². The molecule has 0 aliphatic carbocycles. The largest absolute Gasteiger partial charge is 0.394 e. The number of nitrogens with one attached hydrogen (secondary N) is 1. The monoisotopic (exact) mass is 330 g/mol. The molecule has 0 fully saturated rings. The average molecular weight is 330 g/mol. The van der Waals surface area contributed by atoms with E-state index in [-0.39, 0.29) is 30.9 Å². The van der Waals surface area contributed by atoms with Gasteiger partial charge in [0.05, 0.1) is 39.6 Å². The van der Waals surface area contributed by atoms with Gasteiger partial charge in [-0.2, -0.15) is 0 Å². The van der Waals surface area contributed by atoms with Gasteiger partial charge in [0, 0.05) is 19.0 Å². The van der Waals surface area contributed by atoms with E-state index < -0.39 is 0 Å². The average Bonchev–Trinajstić information content (AvgIpc) is 2.53. The molecular weight excluding hydrogens is 299 g/mol. The summed E-state index contributed by atoms with van der Waals surface area (Å²) in [5.74, 6) is -0.0170. The zero-order valence-corrected chi connectivity index (χ0v) is 14.7. The van der Waals surface area contributed by atoms with Gasteiger partial charge in [-0.05, 0) is 14.0 Å². The van der Waals surface area contributed by atoms with Gasteiger partial charge in [-0.25, -0.2) is 0 Å². The summed E-state index contributed by atoms with van der Waals surface area (Å²) in [6.07, 6.45) is 2.25. The molecule has 1 atom stereocenters. The second kappa shape index (κ2) is 14.6. The third-order valence-electron chi connectivity index (χ3n) is 3.29. The van der Waals surface area contributed by atoms with Crippen molar-refractivity contribution in [2.45, 2.75) is 32.1 Å². The van der Waals surface area contributed by atoms with E-state index in [2.05, 4.69) is 5.32 Å². The zero-order chi connectivity index (χ0) is 17.5. The minimum Gasteiger partial charge on any atom is -0.394 e. The van der Waals surface area contributed by atoms with E-state index in [9.17, 15) is 9.59 Å². The number of ether oxygens (including phenoxy) is 2. The molecule has 8 heteroatoms. The van der Waals surface area contributed by atoms with Crippen molar-refractivity contribution in [3.05, 3.63) is 0 Å². The molecule has 2 N–H and O–H groups in total. The first-order chi connectivity index (χ1) is 11.0. The van der Waals surface area contributed by atoms with Crippen LogP contribution in [0.3, 0.4) is 0 Å². The molecule has 0 saturated heterocycles. The maximum absolute atomic E-state index is 12.2. The fraction of sp³-hybridized carbons (Fsp3) is 0.867. The van der Waals surface area contributed by atoms with Crippen LogP contribution in [-0.2, 0) is 19.1 Å². The highest BCUT2D eigenvalue weighted by Crippen LogP contribution is 2.03. The number of hydrogen-bond acceptors (Lipinski definition) is 6. The number of ketones is 1. The smallest absolute Gasteiger partial charge is 0.222 e. The Morgan fingerprint density at radius 2 is 1.96 bits per heavy atom. The fourth-order valence-corrected chi connectivity index (χ4v) is 2.01. The molecule has 1 amide bonds. The summed E-state index contributed by atoms with van der Waals surface area (Å²) in [5.41, 5.74) is 0. The summed E-state index contributed by atoms with van der Waals surface area (Å²) in [6, 6.07) is -0.0437. The Hall–Kier alpha value is -0.955. The highest BCUT2D eigenvalue weighted by atomic mass is 16.5. The van der Waals surface area contributed by atoms with Gasteiger partial charge in [-0.3, -0.25) is 9.59 Å². The molecule has 0 aromatic carbocycles. The molecule has 7 nitrogen and oxygen atoms in total. The quantitative estimate of drug-likeness (QED) is 0.291. The second-order valence-corrected chi connectivity index (χ2v) is 5.48. The van der Waals surface area contributed by atoms with E-state index in [0.29, 0.717) is 39.4 Å². The summed E-state index contributed by atoms with van der Waals surface area (Å²) in [4.78, 5) is 25.2. The molecule has 0 aliphatic heterocycles. The number of rotatable bonds is 15. The van der Waals surface area contributed by atoms with Crippen LogP contribution in [0.4, 0.5) is 0 Å². The van der Waals surface area contributed by atoms with Crippen LogP contribution in [-0.4, -0.2) is 88.8 Å². The molecule has 0 bridgehead atoms. The van der Waals surface area contributed by atoms with Gasteiger partial charge >= 0.3 is 0 Å². The Bertz CT molecular complexity index is 331. The highest BCUT2D eigenvalue weighted by molar-refractivity contribution is 6.08. The van der Waals surface area contributed by atoms with Crippen molar-refractivity contribution >= 4 is 19.5 Å². The zero-order valence-electron chi connectivity index (χ0n) is 14.7. The number of amides is 1. The van der Waals surface area contributed by atoms with Crippen molar-refractivity contribution in [1.82, 2.24) is 10.2 Å². The van der Waals surface area contributed by atoms with Gasteiger partial charge < -0.3 is 24.8 Å². The van der Waals surface area contributed by atoms with Crippen LogP contribution in [0.15, 0.2) is 0 Å². The van der Waals surface area contributed by atoms with Crippen molar-refractivity contribution in [3.63, 3.8) is 0 Å². The van der Waals surface area contributed by atoms with Crippen LogP contribution in [0, 0.1) is 0 Å². The van der Waals surface area contributed by atoms with Gasteiger partial charge in [-0.1, -0.05) is 12.7 Å². The lowest BCUT2D eigenvalue weighted by Crippen LogP contribution is -2.46. The maximum Gasteiger partial charge on any atom is 0.222 e. The molecule has 0 rings (SSSR count). The van der Waals surface area contributed by atoms with Gasteiger partial charge in [-0.15, -0.1) is 0 Å². The molecular formula is C15H31BN2O5. The maximum atomic E-state index is 12.2. The van der Waals surface area contributed by atoms with E-state index in [1.165, 1.54) is 6.92 Å². The Morgan fingerprint density at radius 1 is 1.26 bits per heavy atom. The highest BCUT2D eigenvalue weighted by Gasteiger charge is 2.19. The Kier molecular flexibility index (Phi) is 14.0. The van der Waals surface area contributed by atoms with E-state index in [4.69, 9.17) is 14.6 Å².